The molecule has 2 fully saturated rings. The number of ether oxygens (including phenoxy) is 1. The number of rotatable bonds is 7. The maximum atomic E-state index is 13.9. The fraction of sp³-hybridized carbons (Fsp3) is 0.536. The lowest BCUT2D eigenvalue weighted by Crippen LogP contribution is -2.65. The summed E-state index contributed by atoms with van der Waals surface area (Å²) in [6.07, 6.45) is 2.61. The van der Waals surface area contributed by atoms with Crippen LogP contribution in [-0.2, 0) is 27.3 Å². The maximum absolute atomic E-state index is 13.9. The lowest BCUT2D eigenvalue weighted by Gasteiger charge is -2.50. The predicted molar refractivity (Wildman–Crippen MR) is 140 cm³/mol. The normalized spacial score (nSPS) is 28.5. The van der Waals surface area contributed by atoms with Gasteiger partial charge in [-0.1, -0.05) is 0 Å². The topological polar surface area (TPSA) is 174 Å². The molecule has 0 radical (unpaired) electrons. The Morgan fingerprint density at radius 1 is 1.18 bits per heavy atom. The van der Waals surface area contributed by atoms with E-state index >= 15 is 0 Å². The van der Waals surface area contributed by atoms with Crippen LogP contribution < -0.4 is 10.5 Å². The number of hydrogen-bond donors (Lipinski definition) is 5. The van der Waals surface area contributed by atoms with E-state index in [1.54, 1.807) is 14.1 Å². The molecule has 0 heterocycles. The number of aliphatic hydroxyl groups excluding tert-OH is 2. The van der Waals surface area contributed by atoms with E-state index in [2.05, 4.69) is 4.90 Å². The van der Waals surface area contributed by atoms with Gasteiger partial charge in [-0.3, -0.25) is 19.3 Å². The molecule has 11 nitrogen and oxygen atoms in total. The minimum atomic E-state index is -2.66. The minimum Gasteiger partial charge on any atom is -0.508 e. The molecule has 1 amide bonds. The van der Waals surface area contributed by atoms with Gasteiger partial charge >= 0.3 is 0 Å². The number of phenolic OH excluding ortho intramolecular Hbond substituents is 1. The summed E-state index contributed by atoms with van der Waals surface area (Å²) in [6.45, 7) is 1.42. The summed E-state index contributed by atoms with van der Waals surface area (Å²) in [7, 11) is 6.64. The van der Waals surface area contributed by atoms with Crippen LogP contribution in [-0.4, -0.2) is 94.1 Å². The van der Waals surface area contributed by atoms with Crippen molar-refractivity contribution in [2.75, 3.05) is 34.8 Å². The highest BCUT2D eigenvalue weighted by atomic mass is 16.5. The summed E-state index contributed by atoms with van der Waals surface area (Å²) in [4.78, 5) is 42.9. The highest BCUT2D eigenvalue weighted by Crippen LogP contribution is 2.54. The first kappa shape index (κ1) is 27.2. The quantitative estimate of drug-likeness (QED) is 0.311. The van der Waals surface area contributed by atoms with Crippen molar-refractivity contribution in [2.45, 2.75) is 43.9 Å². The van der Waals surface area contributed by atoms with Crippen LogP contribution in [0.4, 0.5) is 0 Å². The van der Waals surface area contributed by atoms with Gasteiger partial charge in [-0.25, -0.2) is 0 Å². The molecule has 4 aliphatic carbocycles. The van der Waals surface area contributed by atoms with Crippen molar-refractivity contribution in [3.63, 3.8) is 0 Å². The summed E-state index contributed by atoms with van der Waals surface area (Å²) in [6, 6.07) is 0.382. The van der Waals surface area contributed by atoms with Gasteiger partial charge < -0.3 is 35.8 Å². The standard InChI is InChI=1S/C28H35N3O8/c1-30(2)21-16-8-13-7-15-19(17(32)9-14(24(15)39-4)11-31(3)10-12-5-6-12)22(33)18(13)25(35)28(16,38)26(36)20(23(21)34)27(29)37/h9,12-13,16,21,32-33,36,38H,5-8,10-11H2,1-4H3,(H2,29,37)/t13-,16-,21-,28-/m0/s1. The zero-order valence-electron chi connectivity index (χ0n) is 22.5. The minimum absolute atomic E-state index is 0.0248. The molecule has 0 spiro atoms. The van der Waals surface area contributed by atoms with E-state index < -0.39 is 58.0 Å². The van der Waals surface area contributed by atoms with Gasteiger partial charge in [0.25, 0.3) is 5.91 Å². The van der Waals surface area contributed by atoms with Gasteiger partial charge in [0.1, 0.15) is 28.6 Å². The number of phenols is 1. The summed E-state index contributed by atoms with van der Waals surface area (Å²) in [5.74, 6) is -5.57. The smallest absolute Gasteiger partial charge is 0.255 e. The molecule has 5 rings (SSSR count). The third-order valence-electron chi connectivity index (χ3n) is 8.66. The molecular weight excluding hydrogens is 506 g/mol. The molecule has 0 unspecified atom stereocenters. The number of nitrogens with two attached hydrogens (primary N) is 1. The van der Waals surface area contributed by atoms with E-state index in [9.17, 15) is 34.8 Å². The average molecular weight is 542 g/mol. The average Bonchev–Trinajstić information content (AvgIpc) is 3.64. The van der Waals surface area contributed by atoms with E-state index in [1.807, 2.05) is 7.05 Å². The van der Waals surface area contributed by atoms with Crippen molar-refractivity contribution < 1.29 is 39.5 Å². The largest absolute Gasteiger partial charge is 0.508 e. The molecule has 0 aliphatic heterocycles. The van der Waals surface area contributed by atoms with Crippen LogP contribution in [0.3, 0.4) is 0 Å². The second-order valence-electron chi connectivity index (χ2n) is 11.5. The molecule has 0 saturated heterocycles. The molecule has 210 valence electrons. The zero-order valence-corrected chi connectivity index (χ0v) is 22.5. The Hall–Kier alpha value is -3.41. The molecule has 4 aliphatic rings. The number of nitrogens with zero attached hydrogens (tertiary/aromatic N) is 2. The van der Waals surface area contributed by atoms with E-state index in [-0.39, 0.29) is 29.7 Å². The first-order valence-electron chi connectivity index (χ1n) is 13.1. The predicted octanol–water partition coefficient (Wildman–Crippen LogP) is 0.814. The van der Waals surface area contributed by atoms with E-state index in [1.165, 1.54) is 30.9 Å². The highest BCUT2D eigenvalue weighted by Gasteiger charge is 2.64. The second-order valence-corrected chi connectivity index (χ2v) is 11.5. The van der Waals surface area contributed by atoms with Crippen molar-refractivity contribution in [1.29, 1.82) is 0 Å². The number of likely N-dealkylation sites (N-methyl/N-ethyl adjacent to an activating group) is 1. The summed E-state index contributed by atoms with van der Waals surface area (Å²) in [5, 5.41) is 45.0. The first-order chi connectivity index (χ1) is 18.3. The van der Waals surface area contributed by atoms with E-state index in [0.29, 0.717) is 23.8 Å². The van der Waals surface area contributed by atoms with Gasteiger partial charge in [0.05, 0.1) is 18.7 Å². The molecule has 1 aromatic carbocycles. The van der Waals surface area contributed by atoms with Crippen LogP contribution >= 0.6 is 0 Å². The molecule has 39 heavy (non-hydrogen) atoms. The van der Waals surface area contributed by atoms with Gasteiger partial charge in [0, 0.05) is 35.7 Å². The molecule has 1 aromatic rings. The van der Waals surface area contributed by atoms with Crippen molar-refractivity contribution in [2.24, 2.45) is 23.5 Å². The summed E-state index contributed by atoms with van der Waals surface area (Å²) < 4.78 is 5.77. The SMILES string of the molecule is COc1c(CN(C)CC2CC2)cc(O)c2c1C[C@H]1C[C@H]3[C@H](N(C)C)C(=O)C(C(N)=O)=C(O)[C@@]3(O)C(=O)C1=C2O. The Labute approximate surface area is 226 Å². The van der Waals surface area contributed by atoms with Gasteiger partial charge in [-0.15, -0.1) is 0 Å². The van der Waals surface area contributed by atoms with Gasteiger partial charge in [0.2, 0.25) is 5.78 Å². The van der Waals surface area contributed by atoms with Gasteiger partial charge in [-0.2, -0.15) is 0 Å². The summed E-state index contributed by atoms with van der Waals surface area (Å²) >= 11 is 0. The number of methoxy groups -OCH3 is 1. The van der Waals surface area contributed by atoms with Crippen LogP contribution in [0.2, 0.25) is 0 Å². The molecule has 6 N–H and O–H groups in total. The zero-order chi connectivity index (χ0) is 28.5. The van der Waals surface area contributed by atoms with Crippen molar-refractivity contribution in [3.8, 4) is 11.5 Å². The lowest BCUT2D eigenvalue weighted by atomic mass is 9.57. The fourth-order valence-electron chi connectivity index (χ4n) is 6.82. The number of primary amides is 1. The first-order valence-corrected chi connectivity index (χ1v) is 13.1. The molecule has 2 saturated carbocycles. The fourth-order valence-corrected chi connectivity index (χ4v) is 6.82. The number of amides is 1. The van der Waals surface area contributed by atoms with Crippen molar-refractivity contribution >= 4 is 23.2 Å². The van der Waals surface area contributed by atoms with Crippen LogP contribution in [0.5, 0.6) is 11.5 Å². The molecule has 11 heteroatoms. The molecular formula is C28H35N3O8. The Balaban J connectivity index is 1.64. The Kier molecular flexibility index (Phi) is 6.52. The van der Waals surface area contributed by atoms with Crippen molar-refractivity contribution in [3.05, 3.63) is 39.7 Å². The number of ketones is 2. The number of aromatic hydroxyl groups is 1. The van der Waals surface area contributed by atoms with Gasteiger partial charge in [0.15, 0.2) is 11.4 Å². The van der Waals surface area contributed by atoms with Crippen LogP contribution in [0.25, 0.3) is 5.76 Å². The van der Waals surface area contributed by atoms with E-state index in [0.717, 1.165) is 12.1 Å². The number of Topliss-reactive ketones (excluding diaryl/α,β-unsaturated/α-hetero) is 2. The number of carbonyl (C=O) groups excluding carboxylic acids is 3. The van der Waals surface area contributed by atoms with Crippen LogP contribution in [0.1, 0.15) is 36.0 Å². The van der Waals surface area contributed by atoms with Crippen molar-refractivity contribution in [1.82, 2.24) is 9.80 Å². The van der Waals surface area contributed by atoms with E-state index in [4.69, 9.17) is 10.5 Å². The number of fused-ring (bicyclic) bond motifs is 3. The number of aliphatic hydroxyl groups is 3. The lowest BCUT2D eigenvalue weighted by molar-refractivity contribution is -0.153. The Morgan fingerprint density at radius 2 is 1.85 bits per heavy atom. The maximum Gasteiger partial charge on any atom is 0.255 e. The Bertz CT molecular complexity index is 1340. The Morgan fingerprint density at radius 3 is 2.41 bits per heavy atom. The third kappa shape index (κ3) is 4.02. The second kappa shape index (κ2) is 9.35. The monoisotopic (exact) mass is 541 g/mol. The molecule has 0 bridgehead atoms. The highest BCUT2D eigenvalue weighted by molar-refractivity contribution is 6.24. The molecule has 4 atom stereocenters. The third-order valence-corrected chi connectivity index (χ3v) is 8.66. The summed E-state index contributed by atoms with van der Waals surface area (Å²) in [5.41, 5.74) is 2.97. The van der Waals surface area contributed by atoms with Crippen LogP contribution in [0, 0.1) is 17.8 Å². The number of hydrogen-bond acceptors (Lipinski definition) is 10. The van der Waals surface area contributed by atoms with Gasteiger partial charge in [-0.05, 0) is 64.7 Å². The number of carbonyl (C=O) groups is 3. The van der Waals surface area contributed by atoms with Crippen LogP contribution in [0.15, 0.2) is 23.0 Å². The number of benzene rings is 1. The molecule has 0 aromatic heterocycles.